The maximum Gasteiger partial charge on any atom is 0.416 e. The average molecular weight is 314 g/mol. The second-order valence-corrected chi connectivity index (χ2v) is 4.79. The Morgan fingerprint density at radius 3 is 1.87 bits per heavy atom. The van der Waals surface area contributed by atoms with Crippen molar-refractivity contribution in [1.29, 1.82) is 5.26 Å². The molecule has 0 radical (unpaired) electrons. The van der Waals surface area contributed by atoms with Gasteiger partial charge in [-0.3, -0.25) is 0 Å². The van der Waals surface area contributed by atoms with Gasteiger partial charge in [-0.2, -0.15) is 28.7 Å². The van der Waals surface area contributed by atoms with Crippen molar-refractivity contribution >= 4 is 0 Å². The highest BCUT2D eigenvalue weighted by Gasteiger charge is 2.29. The van der Waals surface area contributed by atoms with Crippen LogP contribution in [0.1, 0.15) is 11.3 Å². The minimum absolute atomic E-state index is 0.187. The zero-order valence-electron chi connectivity index (χ0n) is 11.6. The topological polar surface area (TPSA) is 65.4 Å². The maximum atomic E-state index is 12.6. The molecule has 0 saturated heterocycles. The molecule has 3 aromatic rings. The van der Waals surface area contributed by atoms with Crippen molar-refractivity contribution in [2.24, 2.45) is 0 Å². The van der Waals surface area contributed by atoms with E-state index in [0.717, 1.165) is 17.7 Å². The van der Waals surface area contributed by atoms with Gasteiger partial charge in [0, 0.05) is 5.56 Å². The summed E-state index contributed by atoms with van der Waals surface area (Å²) in [6.07, 6.45) is -4.34. The van der Waals surface area contributed by atoms with Crippen molar-refractivity contribution < 1.29 is 13.2 Å². The molecule has 1 heterocycles. The van der Waals surface area contributed by atoms with Crippen LogP contribution in [0.25, 0.3) is 22.4 Å². The first kappa shape index (κ1) is 14.8. The summed E-state index contributed by atoms with van der Waals surface area (Å²) in [5.74, 6) is 0. The first-order valence-electron chi connectivity index (χ1n) is 6.58. The van der Waals surface area contributed by atoms with Crippen LogP contribution in [0.2, 0.25) is 0 Å². The molecule has 1 N–H and O–H groups in total. The molecule has 114 valence electrons. The minimum Gasteiger partial charge on any atom is -0.196 e. The predicted molar refractivity (Wildman–Crippen MR) is 77.0 cm³/mol. The Morgan fingerprint density at radius 2 is 1.35 bits per heavy atom. The van der Waals surface area contributed by atoms with E-state index in [9.17, 15) is 13.2 Å². The number of aromatic amines is 1. The Labute approximate surface area is 129 Å². The first-order chi connectivity index (χ1) is 11.0. The van der Waals surface area contributed by atoms with Crippen LogP contribution in [-0.4, -0.2) is 15.4 Å². The van der Waals surface area contributed by atoms with E-state index in [2.05, 4.69) is 15.4 Å². The van der Waals surface area contributed by atoms with Gasteiger partial charge < -0.3 is 0 Å². The zero-order valence-corrected chi connectivity index (χ0v) is 11.6. The van der Waals surface area contributed by atoms with Crippen molar-refractivity contribution in [3.8, 4) is 28.5 Å². The third-order valence-electron chi connectivity index (χ3n) is 3.36. The first-order valence-corrected chi connectivity index (χ1v) is 6.58. The summed E-state index contributed by atoms with van der Waals surface area (Å²) in [5.41, 5.74) is 2.08. The standard InChI is InChI=1S/C16H9F3N4/c17-16(18,19)13-7-5-11(6-8-13)10-1-3-12(4-2-10)15-14(9-20)21-23-22-15/h1-8H,(H,21,22,23). The largest absolute Gasteiger partial charge is 0.416 e. The molecule has 4 nitrogen and oxygen atoms in total. The molecule has 0 bridgehead atoms. The monoisotopic (exact) mass is 314 g/mol. The van der Waals surface area contributed by atoms with E-state index in [1.165, 1.54) is 12.1 Å². The van der Waals surface area contributed by atoms with Gasteiger partial charge in [0.1, 0.15) is 11.8 Å². The van der Waals surface area contributed by atoms with E-state index >= 15 is 0 Å². The van der Waals surface area contributed by atoms with Crippen molar-refractivity contribution in [3.05, 3.63) is 59.8 Å². The Hall–Kier alpha value is -3.14. The van der Waals surface area contributed by atoms with E-state index < -0.39 is 11.7 Å². The zero-order chi connectivity index (χ0) is 16.4. The van der Waals surface area contributed by atoms with Crippen LogP contribution < -0.4 is 0 Å². The van der Waals surface area contributed by atoms with Gasteiger partial charge in [0.15, 0.2) is 5.69 Å². The number of H-pyrrole nitrogens is 1. The number of nitrogens with one attached hydrogen (secondary N) is 1. The molecule has 0 amide bonds. The lowest BCUT2D eigenvalue weighted by atomic mass is 10.0. The van der Waals surface area contributed by atoms with Crippen LogP contribution in [0.5, 0.6) is 0 Å². The third kappa shape index (κ3) is 2.92. The molecule has 0 aliphatic carbocycles. The van der Waals surface area contributed by atoms with Crippen LogP contribution in [0, 0.1) is 11.3 Å². The molecule has 2 aromatic carbocycles. The van der Waals surface area contributed by atoms with E-state index in [0.29, 0.717) is 16.8 Å². The van der Waals surface area contributed by atoms with Crippen molar-refractivity contribution in [2.75, 3.05) is 0 Å². The summed E-state index contributed by atoms with van der Waals surface area (Å²) >= 11 is 0. The molecule has 7 heteroatoms. The van der Waals surface area contributed by atoms with E-state index in [1.807, 2.05) is 6.07 Å². The lowest BCUT2D eigenvalue weighted by Crippen LogP contribution is -2.03. The Bertz CT molecular complexity index is 856. The number of rotatable bonds is 2. The lowest BCUT2D eigenvalue weighted by Gasteiger charge is -2.08. The Balaban J connectivity index is 1.90. The highest BCUT2D eigenvalue weighted by Crippen LogP contribution is 2.31. The molecular weight excluding hydrogens is 305 g/mol. The quantitative estimate of drug-likeness (QED) is 0.776. The molecule has 23 heavy (non-hydrogen) atoms. The molecule has 0 spiro atoms. The summed E-state index contributed by atoms with van der Waals surface area (Å²) in [6.45, 7) is 0. The van der Waals surface area contributed by atoms with Gasteiger partial charge >= 0.3 is 6.18 Å². The average Bonchev–Trinajstić information content (AvgIpc) is 3.03. The SMILES string of the molecule is N#Cc1n[nH]nc1-c1ccc(-c2ccc(C(F)(F)F)cc2)cc1. The molecular formula is C16H9F3N4. The van der Waals surface area contributed by atoms with Crippen LogP contribution in [0.4, 0.5) is 13.2 Å². The van der Waals surface area contributed by atoms with Crippen molar-refractivity contribution in [1.82, 2.24) is 15.4 Å². The summed E-state index contributed by atoms with van der Waals surface area (Å²) < 4.78 is 37.7. The van der Waals surface area contributed by atoms with Gasteiger partial charge in [-0.05, 0) is 23.3 Å². The molecule has 0 fully saturated rings. The summed E-state index contributed by atoms with van der Waals surface area (Å²) in [7, 11) is 0. The Kier molecular flexibility index (Phi) is 3.58. The fraction of sp³-hybridized carbons (Fsp3) is 0.0625. The Morgan fingerprint density at radius 1 is 0.826 bits per heavy atom. The van der Waals surface area contributed by atoms with Crippen LogP contribution in [0.3, 0.4) is 0 Å². The van der Waals surface area contributed by atoms with Crippen LogP contribution >= 0.6 is 0 Å². The van der Waals surface area contributed by atoms with Gasteiger partial charge in [0.05, 0.1) is 5.56 Å². The highest BCUT2D eigenvalue weighted by atomic mass is 19.4. The normalized spacial score (nSPS) is 11.2. The molecule has 3 rings (SSSR count). The van der Waals surface area contributed by atoms with E-state index in [4.69, 9.17) is 5.26 Å². The number of halogens is 3. The second-order valence-electron chi connectivity index (χ2n) is 4.79. The molecule has 0 aliphatic rings. The van der Waals surface area contributed by atoms with E-state index in [1.54, 1.807) is 24.3 Å². The maximum absolute atomic E-state index is 12.6. The predicted octanol–water partition coefficient (Wildman–Crippen LogP) is 4.03. The summed E-state index contributed by atoms with van der Waals surface area (Å²) in [4.78, 5) is 0. The summed E-state index contributed by atoms with van der Waals surface area (Å²) in [5, 5.41) is 18.9. The fourth-order valence-corrected chi connectivity index (χ4v) is 2.18. The molecule has 0 atom stereocenters. The van der Waals surface area contributed by atoms with Gasteiger partial charge in [0.25, 0.3) is 0 Å². The van der Waals surface area contributed by atoms with Crippen molar-refractivity contribution in [3.63, 3.8) is 0 Å². The highest BCUT2D eigenvalue weighted by molar-refractivity contribution is 5.70. The van der Waals surface area contributed by atoms with Crippen LogP contribution in [-0.2, 0) is 6.18 Å². The van der Waals surface area contributed by atoms with Crippen molar-refractivity contribution in [2.45, 2.75) is 6.18 Å². The van der Waals surface area contributed by atoms with Gasteiger partial charge in [-0.15, -0.1) is 5.10 Å². The molecule has 0 unspecified atom stereocenters. The molecule has 1 aromatic heterocycles. The third-order valence-corrected chi connectivity index (χ3v) is 3.36. The number of aromatic nitrogens is 3. The summed E-state index contributed by atoms with van der Waals surface area (Å²) in [6, 6.07) is 13.9. The van der Waals surface area contributed by atoms with E-state index in [-0.39, 0.29) is 5.69 Å². The number of benzene rings is 2. The molecule has 0 aliphatic heterocycles. The van der Waals surface area contributed by atoms with Gasteiger partial charge in [-0.1, -0.05) is 36.4 Å². The smallest absolute Gasteiger partial charge is 0.196 e. The number of hydrogen-bond donors (Lipinski definition) is 1. The number of hydrogen-bond acceptors (Lipinski definition) is 3. The fourth-order valence-electron chi connectivity index (χ4n) is 2.18. The number of nitrogens with zero attached hydrogens (tertiary/aromatic N) is 3. The van der Waals surface area contributed by atoms with Crippen LogP contribution in [0.15, 0.2) is 48.5 Å². The number of alkyl halides is 3. The minimum atomic E-state index is -4.34. The molecule has 0 saturated carbocycles. The van der Waals surface area contributed by atoms with Gasteiger partial charge in [-0.25, -0.2) is 0 Å². The lowest BCUT2D eigenvalue weighted by molar-refractivity contribution is -0.137. The van der Waals surface area contributed by atoms with Gasteiger partial charge in [0.2, 0.25) is 0 Å². The second kappa shape index (κ2) is 5.57. The number of nitriles is 1.